The summed E-state index contributed by atoms with van der Waals surface area (Å²) in [7, 11) is -3.57. The molecule has 2 aromatic rings. The second-order valence-electron chi connectivity index (χ2n) is 6.31. The normalized spacial score (nSPS) is 11.2. The first-order chi connectivity index (χ1) is 13.4. The standard InChI is InChI=1S/C20H25FN2O4S/c1-28(25,26)23(19-10-5-9-18(21)15-19)13-6-11-20(24)22-12-14-27-16-17-7-3-2-4-8-17/h2-5,7-10,15H,6,11-14,16H2,1H3,(H,22,24). The number of carbonyl (C=O) groups is 1. The summed E-state index contributed by atoms with van der Waals surface area (Å²) >= 11 is 0. The van der Waals surface area contributed by atoms with E-state index >= 15 is 0 Å². The molecule has 0 spiro atoms. The Morgan fingerprint density at radius 3 is 2.57 bits per heavy atom. The number of ether oxygens (including phenoxy) is 1. The minimum atomic E-state index is -3.57. The molecule has 152 valence electrons. The highest BCUT2D eigenvalue weighted by Crippen LogP contribution is 2.19. The first-order valence-corrected chi connectivity index (χ1v) is 10.8. The molecule has 8 heteroatoms. The maximum Gasteiger partial charge on any atom is 0.232 e. The quantitative estimate of drug-likeness (QED) is 0.580. The lowest BCUT2D eigenvalue weighted by molar-refractivity contribution is -0.121. The molecule has 0 fully saturated rings. The van der Waals surface area contributed by atoms with E-state index in [1.807, 2.05) is 30.3 Å². The Labute approximate surface area is 165 Å². The third-order valence-corrected chi connectivity index (χ3v) is 5.14. The number of benzene rings is 2. The Morgan fingerprint density at radius 1 is 1.14 bits per heavy atom. The van der Waals surface area contributed by atoms with Crippen LogP contribution in [0, 0.1) is 5.82 Å². The van der Waals surface area contributed by atoms with Crippen molar-refractivity contribution >= 4 is 21.6 Å². The third kappa shape index (κ3) is 7.66. The number of rotatable bonds is 11. The molecule has 1 amide bonds. The Balaban J connectivity index is 1.69. The van der Waals surface area contributed by atoms with Gasteiger partial charge in [-0.25, -0.2) is 12.8 Å². The molecule has 0 atom stereocenters. The van der Waals surface area contributed by atoms with Crippen LogP contribution in [-0.2, 0) is 26.2 Å². The average molecular weight is 408 g/mol. The summed E-state index contributed by atoms with van der Waals surface area (Å²) in [5.74, 6) is -0.699. The number of carbonyl (C=O) groups excluding carboxylic acids is 1. The van der Waals surface area contributed by atoms with Crippen LogP contribution in [0.4, 0.5) is 10.1 Å². The van der Waals surface area contributed by atoms with Crippen molar-refractivity contribution < 1.29 is 22.3 Å². The monoisotopic (exact) mass is 408 g/mol. The fourth-order valence-electron chi connectivity index (χ4n) is 2.62. The van der Waals surface area contributed by atoms with Crippen LogP contribution in [0.5, 0.6) is 0 Å². The van der Waals surface area contributed by atoms with Crippen molar-refractivity contribution in [3.8, 4) is 0 Å². The van der Waals surface area contributed by atoms with Crippen molar-refractivity contribution in [3.63, 3.8) is 0 Å². The second-order valence-corrected chi connectivity index (χ2v) is 8.21. The molecule has 6 nitrogen and oxygen atoms in total. The Kier molecular flexibility index (Phi) is 8.41. The zero-order valence-corrected chi connectivity index (χ0v) is 16.6. The predicted octanol–water partition coefficient (Wildman–Crippen LogP) is 2.70. The minimum absolute atomic E-state index is 0.0974. The van der Waals surface area contributed by atoms with Crippen molar-refractivity contribution in [1.29, 1.82) is 0 Å². The topological polar surface area (TPSA) is 75.7 Å². The molecule has 0 bridgehead atoms. The van der Waals surface area contributed by atoms with Crippen LogP contribution < -0.4 is 9.62 Å². The van der Waals surface area contributed by atoms with Gasteiger partial charge >= 0.3 is 0 Å². The van der Waals surface area contributed by atoms with Crippen LogP contribution >= 0.6 is 0 Å². The molecule has 0 aliphatic heterocycles. The molecule has 2 rings (SSSR count). The van der Waals surface area contributed by atoms with E-state index in [1.54, 1.807) is 0 Å². The summed E-state index contributed by atoms with van der Waals surface area (Å²) < 4.78 is 43.9. The third-order valence-electron chi connectivity index (χ3n) is 3.94. The fraction of sp³-hybridized carbons (Fsp3) is 0.350. The summed E-state index contributed by atoms with van der Waals surface area (Å²) in [5.41, 5.74) is 1.31. The van der Waals surface area contributed by atoms with Gasteiger partial charge in [0.25, 0.3) is 0 Å². The predicted molar refractivity (Wildman–Crippen MR) is 107 cm³/mol. The van der Waals surface area contributed by atoms with Gasteiger partial charge in [-0.3, -0.25) is 9.10 Å². The van der Waals surface area contributed by atoms with Gasteiger partial charge in [-0.15, -0.1) is 0 Å². The van der Waals surface area contributed by atoms with Gasteiger partial charge in [-0.1, -0.05) is 36.4 Å². The van der Waals surface area contributed by atoms with Crippen molar-refractivity contribution in [1.82, 2.24) is 5.32 Å². The average Bonchev–Trinajstić information content (AvgIpc) is 2.65. The maximum atomic E-state index is 13.4. The van der Waals surface area contributed by atoms with Gasteiger partial charge in [0, 0.05) is 19.5 Å². The van der Waals surface area contributed by atoms with Crippen LogP contribution in [0.1, 0.15) is 18.4 Å². The van der Waals surface area contributed by atoms with Gasteiger partial charge in [-0.05, 0) is 30.2 Å². The maximum absolute atomic E-state index is 13.4. The molecule has 28 heavy (non-hydrogen) atoms. The van der Waals surface area contributed by atoms with Crippen molar-refractivity contribution in [2.24, 2.45) is 0 Å². The van der Waals surface area contributed by atoms with Gasteiger partial charge < -0.3 is 10.1 Å². The van der Waals surface area contributed by atoms with Crippen molar-refractivity contribution in [2.45, 2.75) is 19.4 Å². The molecule has 0 saturated heterocycles. The number of hydrogen-bond acceptors (Lipinski definition) is 4. The minimum Gasteiger partial charge on any atom is -0.375 e. The molecule has 2 aromatic carbocycles. The number of nitrogens with one attached hydrogen (secondary N) is 1. The summed E-state index contributed by atoms with van der Waals surface area (Å²) in [4.78, 5) is 11.9. The first-order valence-electron chi connectivity index (χ1n) is 8.98. The van der Waals surface area contributed by atoms with E-state index in [2.05, 4.69) is 5.32 Å². The van der Waals surface area contributed by atoms with E-state index in [-0.39, 0.29) is 24.6 Å². The number of hydrogen-bond donors (Lipinski definition) is 1. The highest BCUT2D eigenvalue weighted by molar-refractivity contribution is 7.92. The van der Waals surface area contributed by atoms with Crippen molar-refractivity contribution in [2.75, 3.05) is 30.3 Å². The van der Waals surface area contributed by atoms with Crippen LogP contribution in [0.3, 0.4) is 0 Å². The summed E-state index contributed by atoms with van der Waals surface area (Å²) in [6.45, 7) is 1.35. The van der Waals surface area contributed by atoms with Gasteiger partial charge in [0.1, 0.15) is 5.82 Å². The van der Waals surface area contributed by atoms with Crippen LogP contribution in [-0.4, -0.2) is 40.3 Å². The van der Waals surface area contributed by atoms with E-state index < -0.39 is 15.8 Å². The van der Waals surface area contributed by atoms with Gasteiger partial charge in [0.2, 0.25) is 15.9 Å². The lowest BCUT2D eigenvalue weighted by Crippen LogP contribution is -2.32. The van der Waals surface area contributed by atoms with Crippen molar-refractivity contribution in [3.05, 3.63) is 66.0 Å². The van der Waals surface area contributed by atoms with Crippen LogP contribution in [0.2, 0.25) is 0 Å². The van der Waals surface area contributed by atoms with E-state index in [9.17, 15) is 17.6 Å². The molecular weight excluding hydrogens is 383 g/mol. The number of amides is 1. The summed E-state index contributed by atoms with van der Waals surface area (Å²) in [5, 5.41) is 2.74. The van der Waals surface area contributed by atoms with Gasteiger partial charge in [0.05, 0.1) is 25.2 Å². The zero-order valence-electron chi connectivity index (χ0n) is 15.8. The summed E-state index contributed by atoms with van der Waals surface area (Å²) in [6, 6.07) is 15.1. The number of anilines is 1. The smallest absolute Gasteiger partial charge is 0.232 e. The Bertz CT molecular complexity index is 860. The SMILES string of the molecule is CS(=O)(=O)N(CCCC(=O)NCCOCc1ccccc1)c1cccc(F)c1. The molecule has 0 heterocycles. The lowest BCUT2D eigenvalue weighted by atomic mass is 10.2. The number of nitrogens with zero attached hydrogens (tertiary/aromatic N) is 1. The Morgan fingerprint density at radius 2 is 1.89 bits per heavy atom. The van der Waals surface area contributed by atoms with E-state index in [0.717, 1.165) is 22.2 Å². The summed E-state index contributed by atoms with van der Waals surface area (Å²) in [6.07, 6.45) is 1.54. The molecular formula is C20H25FN2O4S. The van der Waals surface area contributed by atoms with E-state index in [0.29, 0.717) is 26.2 Å². The fourth-order valence-corrected chi connectivity index (χ4v) is 3.57. The van der Waals surface area contributed by atoms with Gasteiger partial charge in [-0.2, -0.15) is 0 Å². The molecule has 0 unspecified atom stereocenters. The first kappa shape index (κ1) is 21.8. The highest BCUT2D eigenvalue weighted by atomic mass is 32.2. The number of halogens is 1. The lowest BCUT2D eigenvalue weighted by Gasteiger charge is -2.22. The van der Waals surface area contributed by atoms with E-state index in [4.69, 9.17) is 4.74 Å². The van der Waals surface area contributed by atoms with Crippen LogP contribution in [0.25, 0.3) is 0 Å². The molecule has 0 saturated carbocycles. The van der Waals surface area contributed by atoms with Crippen LogP contribution in [0.15, 0.2) is 54.6 Å². The molecule has 0 aliphatic rings. The molecule has 0 aliphatic carbocycles. The van der Waals surface area contributed by atoms with Gasteiger partial charge in [0.15, 0.2) is 0 Å². The molecule has 0 radical (unpaired) electrons. The molecule has 1 N–H and O–H groups in total. The molecule has 0 aromatic heterocycles. The highest BCUT2D eigenvalue weighted by Gasteiger charge is 2.18. The van der Waals surface area contributed by atoms with E-state index in [1.165, 1.54) is 18.2 Å². The zero-order chi connectivity index (χ0) is 20.4. The Hall–Kier alpha value is -2.45. The largest absolute Gasteiger partial charge is 0.375 e. The number of sulfonamides is 1. The second kappa shape index (κ2) is 10.8.